The van der Waals surface area contributed by atoms with Crippen LogP contribution < -0.4 is 16.0 Å². The van der Waals surface area contributed by atoms with E-state index in [-0.39, 0.29) is 11.9 Å². The Hall–Kier alpha value is -2.76. The van der Waals surface area contributed by atoms with Gasteiger partial charge in [-0.25, -0.2) is 4.79 Å². The second-order valence-corrected chi connectivity index (χ2v) is 5.47. The molecule has 0 aliphatic rings. The quantitative estimate of drug-likeness (QED) is 0.637. The van der Waals surface area contributed by atoms with E-state index >= 15 is 0 Å². The van der Waals surface area contributed by atoms with E-state index in [0.29, 0.717) is 24.4 Å². The highest BCUT2D eigenvalue weighted by Crippen LogP contribution is 2.14. The molecule has 0 bridgehead atoms. The van der Waals surface area contributed by atoms with Gasteiger partial charge < -0.3 is 20.4 Å². The molecule has 0 unspecified atom stereocenters. The third kappa shape index (κ3) is 6.16. The van der Waals surface area contributed by atoms with Gasteiger partial charge in [-0.15, -0.1) is 0 Å². The Morgan fingerprint density at radius 2 is 1.71 bits per heavy atom. The summed E-state index contributed by atoms with van der Waals surface area (Å²) >= 11 is 0. The predicted molar refractivity (Wildman–Crippen MR) is 93.8 cm³/mol. The Morgan fingerprint density at radius 1 is 1.00 bits per heavy atom. The van der Waals surface area contributed by atoms with Crippen molar-refractivity contribution in [3.8, 4) is 0 Å². The van der Waals surface area contributed by atoms with Crippen molar-refractivity contribution in [2.45, 2.75) is 39.2 Å². The highest BCUT2D eigenvalue weighted by Gasteiger charge is 2.05. The molecule has 2 rings (SSSR count). The minimum absolute atomic E-state index is 0.0142. The van der Waals surface area contributed by atoms with Crippen LogP contribution in [-0.4, -0.2) is 11.9 Å². The number of hydrogen-bond acceptors (Lipinski definition) is 3. The molecule has 0 spiro atoms. The van der Waals surface area contributed by atoms with Crippen LogP contribution in [0.3, 0.4) is 0 Å². The van der Waals surface area contributed by atoms with E-state index in [1.165, 1.54) is 0 Å². The summed E-state index contributed by atoms with van der Waals surface area (Å²) in [5, 5.41) is 8.26. The molecule has 3 N–H and O–H groups in total. The molecule has 0 atom stereocenters. The van der Waals surface area contributed by atoms with Gasteiger partial charge in [0.05, 0.1) is 12.8 Å². The second kappa shape index (κ2) is 9.39. The summed E-state index contributed by atoms with van der Waals surface area (Å²) in [5.74, 6) is 0.701. The molecule has 0 fully saturated rings. The number of amides is 3. The normalized spacial score (nSPS) is 10.2. The van der Waals surface area contributed by atoms with Crippen molar-refractivity contribution in [3.05, 3.63) is 48.4 Å². The lowest BCUT2D eigenvalue weighted by Crippen LogP contribution is -2.27. The summed E-state index contributed by atoms with van der Waals surface area (Å²) in [6.45, 7) is 2.43. The van der Waals surface area contributed by atoms with Crippen LogP contribution in [0.1, 0.15) is 38.4 Å². The molecule has 0 radical (unpaired) electrons. The fourth-order valence-corrected chi connectivity index (χ4v) is 2.15. The van der Waals surface area contributed by atoms with Crippen molar-refractivity contribution in [2.75, 3.05) is 10.6 Å². The largest absolute Gasteiger partial charge is 0.467 e. The van der Waals surface area contributed by atoms with Crippen LogP contribution in [0.5, 0.6) is 0 Å². The van der Waals surface area contributed by atoms with Gasteiger partial charge >= 0.3 is 6.03 Å². The number of nitrogens with one attached hydrogen (secondary N) is 3. The standard InChI is InChI=1S/C18H23N3O3/c1-2-3-4-7-17(22)20-14-8-10-15(11-9-14)21-18(23)19-13-16-6-5-12-24-16/h5-6,8-12H,2-4,7,13H2,1H3,(H,20,22)(H2,19,21,23). The van der Waals surface area contributed by atoms with E-state index in [0.717, 1.165) is 24.9 Å². The molecule has 6 heteroatoms. The first-order valence-corrected chi connectivity index (χ1v) is 8.14. The van der Waals surface area contributed by atoms with Crippen LogP contribution in [0.15, 0.2) is 47.1 Å². The average molecular weight is 329 g/mol. The Labute approximate surface area is 141 Å². The van der Waals surface area contributed by atoms with E-state index in [2.05, 4.69) is 22.9 Å². The van der Waals surface area contributed by atoms with Crippen molar-refractivity contribution >= 4 is 23.3 Å². The third-order valence-electron chi connectivity index (χ3n) is 3.44. The SMILES string of the molecule is CCCCCC(=O)Nc1ccc(NC(=O)NCc2ccco2)cc1. The van der Waals surface area contributed by atoms with Crippen LogP contribution in [-0.2, 0) is 11.3 Å². The summed E-state index contributed by atoms with van der Waals surface area (Å²) in [6.07, 6.45) is 5.14. The van der Waals surface area contributed by atoms with Gasteiger partial charge in [0.15, 0.2) is 0 Å². The average Bonchev–Trinajstić information content (AvgIpc) is 3.08. The van der Waals surface area contributed by atoms with Gasteiger partial charge in [-0.05, 0) is 42.8 Å². The zero-order chi connectivity index (χ0) is 17.2. The Morgan fingerprint density at radius 3 is 2.33 bits per heavy atom. The molecule has 0 aliphatic heterocycles. The number of rotatable bonds is 8. The number of unbranched alkanes of at least 4 members (excludes halogenated alkanes) is 2. The van der Waals surface area contributed by atoms with Crippen molar-refractivity contribution in [1.29, 1.82) is 0 Å². The molecule has 0 aliphatic carbocycles. The van der Waals surface area contributed by atoms with Gasteiger partial charge in [-0.3, -0.25) is 4.79 Å². The number of hydrogen-bond donors (Lipinski definition) is 3. The lowest BCUT2D eigenvalue weighted by Gasteiger charge is -2.08. The summed E-state index contributed by atoms with van der Waals surface area (Å²) in [7, 11) is 0. The summed E-state index contributed by atoms with van der Waals surface area (Å²) in [4.78, 5) is 23.5. The first kappa shape index (κ1) is 17.6. The Bertz CT molecular complexity index is 636. The van der Waals surface area contributed by atoms with E-state index in [4.69, 9.17) is 4.42 Å². The van der Waals surface area contributed by atoms with Crippen LogP contribution in [0.4, 0.5) is 16.2 Å². The zero-order valence-corrected chi connectivity index (χ0v) is 13.8. The molecule has 128 valence electrons. The summed E-state index contributed by atoms with van der Waals surface area (Å²) in [5.41, 5.74) is 1.37. The minimum Gasteiger partial charge on any atom is -0.467 e. The van der Waals surface area contributed by atoms with E-state index < -0.39 is 0 Å². The monoisotopic (exact) mass is 329 g/mol. The fourth-order valence-electron chi connectivity index (χ4n) is 2.15. The number of benzene rings is 1. The fraction of sp³-hybridized carbons (Fsp3) is 0.333. The number of anilines is 2. The van der Waals surface area contributed by atoms with Gasteiger partial charge in [0.1, 0.15) is 5.76 Å². The number of carbonyl (C=O) groups is 2. The second-order valence-electron chi connectivity index (χ2n) is 5.47. The first-order chi connectivity index (χ1) is 11.7. The minimum atomic E-state index is -0.317. The highest BCUT2D eigenvalue weighted by molar-refractivity contribution is 5.92. The van der Waals surface area contributed by atoms with Gasteiger partial charge in [-0.2, -0.15) is 0 Å². The van der Waals surface area contributed by atoms with E-state index in [9.17, 15) is 9.59 Å². The van der Waals surface area contributed by atoms with Crippen molar-refractivity contribution in [1.82, 2.24) is 5.32 Å². The molecular formula is C18H23N3O3. The molecule has 6 nitrogen and oxygen atoms in total. The maximum atomic E-state index is 11.8. The van der Waals surface area contributed by atoms with E-state index in [1.54, 1.807) is 42.7 Å². The lowest BCUT2D eigenvalue weighted by molar-refractivity contribution is -0.116. The van der Waals surface area contributed by atoms with Crippen LogP contribution in [0, 0.1) is 0 Å². The number of carbonyl (C=O) groups excluding carboxylic acids is 2. The molecule has 1 aromatic carbocycles. The third-order valence-corrected chi connectivity index (χ3v) is 3.44. The maximum absolute atomic E-state index is 11.8. The number of furan rings is 1. The molecule has 24 heavy (non-hydrogen) atoms. The smallest absolute Gasteiger partial charge is 0.319 e. The van der Waals surface area contributed by atoms with Gasteiger partial charge in [0.2, 0.25) is 5.91 Å². The molecular weight excluding hydrogens is 306 g/mol. The van der Waals surface area contributed by atoms with Crippen molar-refractivity contribution < 1.29 is 14.0 Å². The summed E-state index contributed by atoms with van der Waals surface area (Å²) in [6, 6.07) is 10.3. The van der Waals surface area contributed by atoms with Gasteiger partial charge in [-0.1, -0.05) is 19.8 Å². The maximum Gasteiger partial charge on any atom is 0.319 e. The lowest BCUT2D eigenvalue weighted by atomic mass is 10.2. The molecule has 0 saturated heterocycles. The topological polar surface area (TPSA) is 83.4 Å². The zero-order valence-electron chi connectivity index (χ0n) is 13.8. The Kier molecular flexibility index (Phi) is 6.89. The highest BCUT2D eigenvalue weighted by atomic mass is 16.3. The molecule has 0 saturated carbocycles. The Balaban J connectivity index is 1.74. The molecule has 1 aromatic heterocycles. The van der Waals surface area contributed by atoms with E-state index in [1.807, 2.05) is 0 Å². The predicted octanol–water partition coefficient (Wildman–Crippen LogP) is 4.12. The molecule has 1 heterocycles. The molecule has 3 amide bonds. The van der Waals surface area contributed by atoms with Gasteiger partial charge in [0, 0.05) is 17.8 Å². The van der Waals surface area contributed by atoms with Crippen molar-refractivity contribution in [2.24, 2.45) is 0 Å². The summed E-state index contributed by atoms with van der Waals surface area (Å²) < 4.78 is 5.14. The van der Waals surface area contributed by atoms with Crippen molar-refractivity contribution in [3.63, 3.8) is 0 Å². The first-order valence-electron chi connectivity index (χ1n) is 8.14. The van der Waals surface area contributed by atoms with Crippen LogP contribution in [0.25, 0.3) is 0 Å². The van der Waals surface area contributed by atoms with Crippen LogP contribution >= 0.6 is 0 Å². The van der Waals surface area contributed by atoms with Crippen LogP contribution in [0.2, 0.25) is 0 Å². The number of urea groups is 1. The van der Waals surface area contributed by atoms with Gasteiger partial charge in [0.25, 0.3) is 0 Å². The molecule has 2 aromatic rings.